The smallest absolute Gasteiger partial charge is 0.126 e. The van der Waals surface area contributed by atoms with E-state index in [-0.39, 0.29) is 5.41 Å². The van der Waals surface area contributed by atoms with Crippen LogP contribution in [0.1, 0.15) is 46.5 Å². The van der Waals surface area contributed by atoms with Gasteiger partial charge in [-0.05, 0) is 48.9 Å². The fourth-order valence-electron chi connectivity index (χ4n) is 4.86. The Bertz CT molecular complexity index is 370. The van der Waals surface area contributed by atoms with Crippen LogP contribution in [-0.2, 0) is 4.79 Å². The van der Waals surface area contributed by atoms with E-state index in [1.54, 1.807) is 5.57 Å². The lowest BCUT2D eigenvalue weighted by Crippen LogP contribution is -2.36. The Kier molecular flexibility index (Phi) is 1.98. The van der Waals surface area contributed by atoms with Crippen LogP contribution in [0, 0.1) is 28.6 Å². The summed E-state index contributed by atoms with van der Waals surface area (Å²) in [7, 11) is 0. The third-order valence-corrected chi connectivity index (χ3v) is 6.09. The summed E-state index contributed by atoms with van der Waals surface area (Å²) in [6, 6.07) is 0. The molecule has 5 atom stereocenters. The fraction of sp³-hybridized carbons (Fsp3) is 0.800. The van der Waals surface area contributed by atoms with Crippen molar-refractivity contribution >= 4 is 6.29 Å². The maximum atomic E-state index is 11.4. The van der Waals surface area contributed by atoms with Crippen molar-refractivity contribution in [3.05, 3.63) is 11.6 Å². The van der Waals surface area contributed by atoms with Gasteiger partial charge >= 0.3 is 0 Å². The van der Waals surface area contributed by atoms with Gasteiger partial charge in [0.05, 0.1) is 0 Å². The number of rotatable bonds is 1. The lowest BCUT2D eigenvalue weighted by Gasteiger charge is -2.45. The minimum absolute atomic E-state index is 0.00403. The van der Waals surface area contributed by atoms with Crippen LogP contribution in [0.2, 0.25) is 0 Å². The quantitative estimate of drug-likeness (QED) is 0.485. The van der Waals surface area contributed by atoms with E-state index in [9.17, 15) is 4.79 Å². The van der Waals surface area contributed by atoms with Crippen molar-refractivity contribution in [2.75, 3.05) is 0 Å². The van der Waals surface area contributed by atoms with E-state index in [0.29, 0.717) is 17.3 Å². The Morgan fingerprint density at radius 3 is 2.81 bits per heavy atom. The predicted octanol–water partition coefficient (Wildman–Crippen LogP) is 3.59. The summed E-state index contributed by atoms with van der Waals surface area (Å²) < 4.78 is 0. The van der Waals surface area contributed by atoms with Gasteiger partial charge in [0.2, 0.25) is 0 Å². The topological polar surface area (TPSA) is 17.1 Å². The highest BCUT2D eigenvalue weighted by molar-refractivity contribution is 5.67. The first kappa shape index (κ1) is 10.6. The van der Waals surface area contributed by atoms with Crippen molar-refractivity contribution in [2.45, 2.75) is 46.5 Å². The number of carbonyl (C=O) groups excluding carboxylic acids is 1. The SMILES string of the molecule is C[C@H]1CCC=C2CC[C@H]3[C@H]([C@@]3(C)C=O)[C@@]21C. The van der Waals surface area contributed by atoms with Gasteiger partial charge in [0.15, 0.2) is 0 Å². The Balaban J connectivity index is 2.04. The Morgan fingerprint density at radius 1 is 1.38 bits per heavy atom. The van der Waals surface area contributed by atoms with Crippen molar-refractivity contribution in [1.29, 1.82) is 0 Å². The minimum Gasteiger partial charge on any atom is -0.303 e. The average Bonchev–Trinajstić information content (AvgIpc) is 2.89. The molecular formula is C15H22O. The zero-order valence-corrected chi connectivity index (χ0v) is 10.6. The standard InChI is InChI=1S/C15H22O/c1-10-5-4-6-11-7-8-12-13(15(10,11)3)14(12,2)9-16/h6,9-10,12-13H,4-5,7-8H2,1-3H3/t10-,12-,13+,14-,15+/m0/s1. The molecule has 0 aromatic heterocycles. The molecule has 0 saturated heterocycles. The second kappa shape index (κ2) is 3.00. The summed E-state index contributed by atoms with van der Waals surface area (Å²) in [5, 5.41) is 0. The van der Waals surface area contributed by atoms with Crippen LogP contribution in [0.5, 0.6) is 0 Å². The van der Waals surface area contributed by atoms with Crippen LogP contribution in [0.15, 0.2) is 11.6 Å². The Labute approximate surface area is 98.3 Å². The molecule has 0 radical (unpaired) electrons. The zero-order chi connectivity index (χ0) is 11.6. The van der Waals surface area contributed by atoms with Crippen molar-refractivity contribution < 1.29 is 4.79 Å². The van der Waals surface area contributed by atoms with Crippen molar-refractivity contribution in [3.63, 3.8) is 0 Å². The van der Waals surface area contributed by atoms with Crippen molar-refractivity contribution in [3.8, 4) is 0 Å². The molecule has 2 fully saturated rings. The monoisotopic (exact) mass is 218 g/mol. The molecule has 2 saturated carbocycles. The van der Waals surface area contributed by atoms with Gasteiger partial charge in [0.25, 0.3) is 0 Å². The largest absolute Gasteiger partial charge is 0.303 e. The highest BCUT2D eigenvalue weighted by Crippen LogP contribution is 2.74. The summed E-state index contributed by atoms with van der Waals surface area (Å²) in [6.45, 7) is 7.00. The molecule has 0 aliphatic heterocycles. The minimum atomic E-state index is -0.00403. The van der Waals surface area contributed by atoms with E-state index in [4.69, 9.17) is 0 Å². The maximum absolute atomic E-state index is 11.4. The van der Waals surface area contributed by atoms with Crippen LogP contribution in [0.25, 0.3) is 0 Å². The summed E-state index contributed by atoms with van der Waals surface area (Å²) in [5.74, 6) is 2.06. The molecule has 0 heterocycles. The highest BCUT2D eigenvalue weighted by Gasteiger charge is 2.70. The number of carbonyl (C=O) groups is 1. The fourth-order valence-corrected chi connectivity index (χ4v) is 4.86. The van der Waals surface area contributed by atoms with Crippen LogP contribution in [0.4, 0.5) is 0 Å². The van der Waals surface area contributed by atoms with E-state index < -0.39 is 0 Å². The first-order chi connectivity index (χ1) is 7.55. The molecule has 0 N–H and O–H groups in total. The van der Waals surface area contributed by atoms with Gasteiger partial charge in [-0.15, -0.1) is 0 Å². The number of allylic oxidation sites excluding steroid dienone is 2. The number of aldehydes is 1. The molecule has 3 aliphatic rings. The van der Waals surface area contributed by atoms with E-state index >= 15 is 0 Å². The number of hydrogen-bond donors (Lipinski definition) is 0. The van der Waals surface area contributed by atoms with Gasteiger partial charge in [-0.25, -0.2) is 0 Å². The molecule has 3 rings (SSSR count). The maximum Gasteiger partial charge on any atom is 0.126 e. The second-order valence-corrected chi connectivity index (χ2v) is 6.60. The Morgan fingerprint density at radius 2 is 2.12 bits per heavy atom. The molecule has 0 bridgehead atoms. The summed E-state index contributed by atoms with van der Waals surface area (Å²) >= 11 is 0. The lowest BCUT2D eigenvalue weighted by molar-refractivity contribution is -0.112. The van der Waals surface area contributed by atoms with E-state index in [2.05, 4.69) is 26.8 Å². The van der Waals surface area contributed by atoms with E-state index in [0.717, 1.165) is 5.92 Å². The molecule has 0 unspecified atom stereocenters. The Hall–Kier alpha value is -0.590. The second-order valence-electron chi connectivity index (χ2n) is 6.60. The van der Waals surface area contributed by atoms with Gasteiger partial charge in [-0.2, -0.15) is 0 Å². The van der Waals surface area contributed by atoms with E-state index in [1.165, 1.54) is 32.0 Å². The molecule has 0 spiro atoms. The average molecular weight is 218 g/mol. The number of fused-ring (bicyclic) bond motifs is 3. The third-order valence-electron chi connectivity index (χ3n) is 6.09. The molecule has 88 valence electrons. The van der Waals surface area contributed by atoms with Crippen LogP contribution >= 0.6 is 0 Å². The normalized spacial score (nSPS) is 54.7. The zero-order valence-electron chi connectivity index (χ0n) is 10.6. The van der Waals surface area contributed by atoms with Gasteiger partial charge in [0, 0.05) is 5.41 Å². The summed E-state index contributed by atoms with van der Waals surface area (Å²) in [5.41, 5.74) is 1.99. The van der Waals surface area contributed by atoms with Crippen LogP contribution < -0.4 is 0 Å². The highest BCUT2D eigenvalue weighted by atomic mass is 16.1. The van der Waals surface area contributed by atoms with Crippen LogP contribution in [0.3, 0.4) is 0 Å². The molecule has 0 aromatic rings. The molecule has 1 heteroatoms. The van der Waals surface area contributed by atoms with Crippen molar-refractivity contribution in [2.24, 2.45) is 28.6 Å². The predicted molar refractivity (Wildman–Crippen MR) is 65.0 cm³/mol. The lowest BCUT2D eigenvalue weighted by atomic mass is 9.60. The third kappa shape index (κ3) is 1.00. The van der Waals surface area contributed by atoms with Gasteiger partial charge in [0.1, 0.15) is 6.29 Å². The summed E-state index contributed by atoms with van der Waals surface area (Å²) in [4.78, 5) is 11.4. The van der Waals surface area contributed by atoms with Crippen molar-refractivity contribution in [1.82, 2.24) is 0 Å². The molecule has 16 heavy (non-hydrogen) atoms. The van der Waals surface area contributed by atoms with Gasteiger partial charge in [-0.1, -0.05) is 32.4 Å². The molecule has 0 amide bonds. The number of hydrogen-bond acceptors (Lipinski definition) is 1. The van der Waals surface area contributed by atoms with E-state index in [1.807, 2.05) is 0 Å². The first-order valence-corrected chi connectivity index (χ1v) is 6.71. The first-order valence-electron chi connectivity index (χ1n) is 6.71. The van der Waals surface area contributed by atoms with Crippen LogP contribution in [-0.4, -0.2) is 6.29 Å². The van der Waals surface area contributed by atoms with Gasteiger partial charge < -0.3 is 4.79 Å². The molecule has 3 aliphatic carbocycles. The van der Waals surface area contributed by atoms with Gasteiger partial charge in [-0.3, -0.25) is 0 Å². The molecular weight excluding hydrogens is 196 g/mol. The molecule has 1 nitrogen and oxygen atoms in total. The summed E-state index contributed by atoms with van der Waals surface area (Å²) in [6.07, 6.45) is 8.76. The molecule has 0 aromatic carbocycles.